The Kier molecular flexibility index (Phi) is 3.65. The second kappa shape index (κ2) is 5.75. The van der Waals surface area contributed by atoms with Crippen molar-refractivity contribution in [3.05, 3.63) is 66.0 Å². The minimum absolute atomic E-state index is 0.717. The largest absolute Gasteiger partial charge is 0.307 e. The van der Waals surface area contributed by atoms with Crippen LogP contribution in [-0.2, 0) is 13.1 Å². The maximum absolute atomic E-state index is 4.34. The van der Waals surface area contributed by atoms with E-state index >= 15 is 0 Å². The number of hydrogen-bond donors (Lipinski definition) is 1. The molecule has 0 aliphatic heterocycles. The van der Waals surface area contributed by atoms with Crippen molar-refractivity contribution in [3.63, 3.8) is 0 Å². The summed E-state index contributed by atoms with van der Waals surface area (Å²) in [5, 5.41) is 5.82. The molecule has 0 atom stereocenters. The molecule has 0 radical (unpaired) electrons. The van der Waals surface area contributed by atoms with E-state index in [1.54, 1.807) is 6.20 Å². The molecular weight excluding hydrogens is 248 g/mol. The molecule has 1 N–H and O–H groups in total. The molecule has 3 rings (SSSR count). The molecule has 4 heteroatoms. The highest BCUT2D eigenvalue weighted by molar-refractivity contribution is 5.84. The standard InChI is InChI=1S/C16H16N4/c1-12-7-20-15(11-19-12)10-18-9-14-4-2-3-13-8-17-6-5-16(13)14/h2-8,11,18H,9-10H2,1H3. The van der Waals surface area contributed by atoms with E-state index < -0.39 is 0 Å². The van der Waals surface area contributed by atoms with Crippen LogP contribution in [0.3, 0.4) is 0 Å². The molecule has 0 fully saturated rings. The van der Waals surface area contributed by atoms with Crippen molar-refractivity contribution in [2.24, 2.45) is 0 Å². The van der Waals surface area contributed by atoms with E-state index in [0.29, 0.717) is 0 Å². The molecule has 2 heterocycles. The van der Waals surface area contributed by atoms with Gasteiger partial charge in [0, 0.05) is 43.3 Å². The Morgan fingerprint density at radius 2 is 1.95 bits per heavy atom. The predicted octanol–water partition coefficient (Wildman–Crippen LogP) is 2.62. The summed E-state index contributed by atoms with van der Waals surface area (Å²) in [5.41, 5.74) is 3.16. The highest BCUT2D eigenvalue weighted by Gasteiger charge is 2.01. The summed E-state index contributed by atoms with van der Waals surface area (Å²) >= 11 is 0. The van der Waals surface area contributed by atoms with Crippen LogP contribution in [0.1, 0.15) is 17.0 Å². The summed E-state index contributed by atoms with van der Waals surface area (Å²) in [6, 6.07) is 8.33. The Bertz CT molecular complexity index is 702. The second-order valence-corrected chi connectivity index (χ2v) is 4.77. The maximum Gasteiger partial charge on any atom is 0.0724 e. The highest BCUT2D eigenvalue weighted by atomic mass is 14.9. The summed E-state index contributed by atoms with van der Waals surface area (Å²) in [6.45, 7) is 3.46. The quantitative estimate of drug-likeness (QED) is 0.787. The molecule has 4 nitrogen and oxygen atoms in total. The number of hydrogen-bond acceptors (Lipinski definition) is 4. The number of aromatic nitrogens is 3. The minimum Gasteiger partial charge on any atom is -0.307 e. The summed E-state index contributed by atoms with van der Waals surface area (Å²) in [4.78, 5) is 12.7. The second-order valence-electron chi connectivity index (χ2n) is 4.77. The van der Waals surface area contributed by atoms with Crippen LogP contribution < -0.4 is 5.32 Å². The van der Waals surface area contributed by atoms with E-state index in [2.05, 4.69) is 44.5 Å². The normalized spacial score (nSPS) is 10.8. The van der Waals surface area contributed by atoms with Gasteiger partial charge in [0.15, 0.2) is 0 Å². The summed E-state index contributed by atoms with van der Waals surface area (Å²) in [6.07, 6.45) is 7.33. The zero-order valence-electron chi connectivity index (χ0n) is 11.4. The zero-order valence-corrected chi connectivity index (χ0v) is 11.4. The van der Waals surface area contributed by atoms with Crippen molar-refractivity contribution >= 4 is 10.8 Å². The molecule has 0 spiro atoms. The smallest absolute Gasteiger partial charge is 0.0724 e. The lowest BCUT2D eigenvalue weighted by Crippen LogP contribution is -2.14. The molecule has 0 bridgehead atoms. The number of benzene rings is 1. The molecule has 3 aromatic rings. The van der Waals surface area contributed by atoms with Crippen molar-refractivity contribution in [2.75, 3.05) is 0 Å². The Morgan fingerprint density at radius 1 is 1.00 bits per heavy atom. The minimum atomic E-state index is 0.717. The van der Waals surface area contributed by atoms with Crippen LogP contribution >= 0.6 is 0 Å². The van der Waals surface area contributed by atoms with Crippen molar-refractivity contribution in [2.45, 2.75) is 20.0 Å². The van der Waals surface area contributed by atoms with E-state index in [1.807, 2.05) is 25.5 Å². The third-order valence-corrected chi connectivity index (χ3v) is 3.23. The topological polar surface area (TPSA) is 50.7 Å². The Hall–Kier alpha value is -2.33. The van der Waals surface area contributed by atoms with Crippen molar-refractivity contribution in [1.29, 1.82) is 0 Å². The number of aryl methyl sites for hydroxylation is 1. The lowest BCUT2D eigenvalue weighted by molar-refractivity contribution is 0.678. The van der Waals surface area contributed by atoms with Gasteiger partial charge in [-0.1, -0.05) is 18.2 Å². The molecule has 0 amide bonds. The van der Waals surface area contributed by atoms with Crippen molar-refractivity contribution < 1.29 is 0 Å². The van der Waals surface area contributed by atoms with E-state index in [-0.39, 0.29) is 0 Å². The van der Waals surface area contributed by atoms with Crippen LogP contribution in [0.15, 0.2) is 49.1 Å². The first-order valence-corrected chi connectivity index (χ1v) is 6.63. The zero-order chi connectivity index (χ0) is 13.8. The lowest BCUT2D eigenvalue weighted by atomic mass is 10.1. The van der Waals surface area contributed by atoms with Gasteiger partial charge in [0.25, 0.3) is 0 Å². The van der Waals surface area contributed by atoms with Gasteiger partial charge >= 0.3 is 0 Å². The van der Waals surface area contributed by atoms with Gasteiger partial charge in [0.2, 0.25) is 0 Å². The van der Waals surface area contributed by atoms with Crippen LogP contribution in [0.2, 0.25) is 0 Å². The monoisotopic (exact) mass is 264 g/mol. The van der Waals surface area contributed by atoms with Crippen LogP contribution in [0.5, 0.6) is 0 Å². The number of nitrogens with one attached hydrogen (secondary N) is 1. The SMILES string of the molecule is Cc1cnc(CNCc2cccc3cnccc23)cn1. The van der Waals surface area contributed by atoms with Gasteiger partial charge < -0.3 is 5.32 Å². The molecule has 1 aromatic carbocycles. The Morgan fingerprint density at radius 3 is 2.80 bits per heavy atom. The first-order valence-electron chi connectivity index (χ1n) is 6.63. The van der Waals surface area contributed by atoms with Gasteiger partial charge in [-0.2, -0.15) is 0 Å². The van der Waals surface area contributed by atoms with Crippen LogP contribution in [0.25, 0.3) is 10.8 Å². The molecular formula is C16H16N4. The summed E-state index contributed by atoms with van der Waals surface area (Å²) in [5.74, 6) is 0. The highest BCUT2D eigenvalue weighted by Crippen LogP contribution is 2.17. The lowest BCUT2D eigenvalue weighted by Gasteiger charge is -2.07. The van der Waals surface area contributed by atoms with Gasteiger partial charge in [0.1, 0.15) is 0 Å². The first kappa shape index (κ1) is 12.7. The van der Waals surface area contributed by atoms with E-state index in [1.165, 1.54) is 16.3 Å². The summed E-state index contributed by atoms with van der Waals surface area (Å²) < 4.78 is 0. The number of fused-ring (bicyclic) bond motifs is 1. The predicted molar refractivity (Wildman–Crippen MR) is 79.1 cm³/mol. The van der Waals surface area contributed by atoms with Gasteiger partial charge in [0.05, 0.1) is 11.4 Å². The third kappa shape index (κ3) is 2.81. The van der Waals surface area contributed by atoms with Gasteiger partial charge in [-0.3, -0.25) is 15.0 Å². The average Bonchev–Trinajstić information content (AvgIpc) is 2.49. The molecule has 0 unspecified atom stereocenters. The van der Waals surface area contributed by atoms with Crippen LogP contribution in [0.4, 0.5) is 0 Å². The van der Waals surface area contributed by atoms with Gasteiger partial charge in [-0.05, 0) is 23.9 Å². The molecule has 0 saturated heterocycles. The van der Waals surface area contributed by atoms with E-state index in [9.17, 15) is 0 Å². The number of nitrogens with zero attached hydrogens (tertiary/aromatic N) is 3. The van der Waals surface area contributed by atoms with Crippen molar-refractivity contribution in [1.82, 2.24) is 20.3 Å². The summed E-state index contributed by atoms with van der Waals surface area (Å²) in [7, 11) is 0. The molecule has 2 aromatic heterocycles. The molecule has 0 aliphatic carbocycles. The fraction of sp³-hybridized carbons (Fsp3) is 0.188. The fourth-order valence-electron chi connectivity index (χ4n) is 2.18. The molecule has 20 heavy (non-hydrogen) atoms. The third-order valence-electron chi connectivity index (χ3n) is 3.23. The van der Waals surface area contributed by atoms with E-state index in [0.717, 1.165) is 24.5 Å². The van der Waals surface area contributed by atoms with Gasteiger partial charge in [-0.25, -0.2) is 0 Å². The Balaban J connectivity index is 1.69. The van der Waals surface area contributed by atoms with Crippen molar-refractivity contribution in [3.8, 4) is 0 Å². The fourth-order valence-corrected chi connectivity index (χ4v) is 2.18. The number of rotatable bonds is 4. The van der Waals surface area contributed by atoms with E-state index in [4.69, 9.17) is 0 Å². The maximum atomic E-state index is 4.34. The molecule has 0 aliphatic rings. The average molecular weight is 264 g/mol. The van der Waals surface area contributed by atoms with Gasteiger partial charge in [-0.15, -0.1) is 0 Å². The number of pyridine rings is 1. The Labute approximate surface area is 117 Å². The first-order chi connectivity index (χ1) is 9.83. The van der Waals surface area contributed by atoms with Crippen LogP contribution in [-0.4, -0.2) is 15.0 Å². The molecule has 100 valence electrons. The molecule has 0 saturated carbocycles. The van der Waals surface area contributed by atoms with Crippen LogP contribution in [0, 0.1) is 6.92 Å².